The van der Waals surface area contributed by atoms with Gasteiger partial charge in [-0.1, -0.05) is 29.4 Å². The van der Waals surface area contributed by atoms with Gasteiger partial charge in [0.05, 0.1) is 10.8 Å². The molecule has 1 heterocycles. The number of hydrogen-bond acceptors (Lipinski definition) is 4. The van der Waals surface area contributed by atoms with Crippen LogP contribution in [0.3, 0.4) is 0 Å². The van der Waals surface area contributed by atoms with Crippen LogP contribution in [-0.2, 0) is 11.3 Å². The third-order valence-electron chi connectivity index (χ3n) is 2.75. The maximum Gasteiger partial charge on any atom is 0.234 e. The number of carbonyl (C=O) groups is 1. The molecule has 1 aromatic heterocycles. The number of nitrogens with zero attached hydrogens (tertiary/aromatic N) is 3. The maximum absolute atomic E-state index is 13.1. The Hall–Kier alpha value is -1.86. The molecule has 0 bridgehead atoms. The topological polar surface area (TPSA) is 59.8 Å². The zero-order valence-corrected chi connectivity index (χ0v) is 13.4. The summed E-state index contributed by atoms with van der Waals surface area (Å²) in [6, 6.07) is 4.02. The van der Waals surface area contributed by atoms with Crippen molar-refractivity contribution in [3.8, 4) is 0 Å². The summed E-state index contributed by atoms with van der Waals surface area (Å²) in [5.74, 6) is 0.151. The molecule has 0 spiro atoms. The van der Waals surface area contributed by atoms with Gasteiger partial charge in [-0.05, 0) is 25.1 Å². The van der Waals surface area contributed by atoms with Gasteiger partial charge in [0.15, 0.2) is 5.16 Å². The van der Waals surface area contributed by atoms with Crippen LogP contribution >= 0.6 is 23.4 Å². The average molecular weight is 341 g/mol. The van der Waals surface area contributed by atoms with Crippen LogP contribution in [0.25, 0.3) is 0 Å². The monoisotopic (exact) mass is 340 g/mol. The number of rotatable bonds is 6. The second-order valence-corrected chi connectivity index (χ2v) is 5.74. The fraction of sp³-hybridized carbons (Fsp3) is 0.214. The minimum absolute atomic E-state index is 0.0354. The van der Waals surface area contributed by atoms with E-state index in [1.54, 1.807) is 6.08 Å². The molecule has 0 saturated carbocycles. The van der Waals surface area contributed by atoms with Crippen LogP contribution in [0.5, 0.6) is 0 Å². The molecule has 0 aliphatic carbocycles. The molecule has 0 unspecified atom stereocenters. The number of amides is 1. The normalized spacial score (nSPS) is 10.5. The SMILES string of the molecule is C=CCn1c(C)nnc1SCC(=O)Nc1ccc(F)c(Cl)c1. The fourth-order valence-electron chi connectivity index (χ4n) is 1.71. The number of hydrogen-bond donors (Lipinski definition) is 1. The highest BCUT2D eigenvalue weighted by Crippen LogP contribution is 2.21. The zero-order chi connectivity index (χ0) is 16.1. The van der Waals surface area contributed by atoms with Crippen molar-refractivity contribution in [1.82, 2.24) is 14.8 Å². The van der Waals surface area contributed by atoms with Crippen LogP contribution in [0.1, 0.15) is 5.82 Å². The number of halogens is 2. The van der Waals surface area contributed by atoms with Crippen molar-refractivity contribution in [2.75, 3.05) is 11.1 Å². The Bertz CT molecular complexity index is 704. The number of benzene rings is 1. The lowest BCUT2D eigenvalue weighted by Gasteiger charge is -2.07. The van der Waals surface area contributed by atoms with Gasteiger partial charge in [-0.15, -0.1) is 16.8 Å². The van der Waals surface area contributed by atoms with Gasteiger partial charge in [0.1, 0.15) is 11.6 Å². The van der Waals surface area contributed by atoms with E-state index in [-0.39, 0.29) is 16.7 Å². The van der Waals surface area contributed by atoms with Crippen LogP contribution in [0.2, 0.25) is 5.02 Å². The molecule has 0 fully saturated rings. The van der Waals surface area contributed by atoms with Crippen LogP contribution in [0, 0.1) is 12.7 Å². The lowest BCUT2D eigenvalue weighted by molar-refractivity contribution is -0.113. The summed E-state index contributed by atoms with van der Waals surface area (Å²) < 4.78 is 14.9. The lowest BCUT2D eigenvalue weighted by Crippen LogP contribution is -2.14. The molecule has 1 aromatic carbocycles. The van der Waals surface area contributed by atoms with Crippen LogP contribution in [0.4, 0.5) is 10.1 Å². The Labute approximate surface area is 136 Å². The number of allylic oxidation sites excluding steroid dienone is 1. The van der Waals surface area contributed by atoms with E-state index >= 15 is 0 Å². The first-order valence-electron chi connectivity index (χ1n) is 6.39. The Morgan fingerprint density at radius 3 is 3.00 bits per heavy atom. The first kappa shape index (κ1) is 16.5. The zero-order valence-electron chi connectivity index (χ0n) is 11.8. The molecule has 0 aliphatic rings. The number of aromatic nitrogens is 3. The van der Waals surface area contributed by atoms with Crippen molar-refractivity contribution in [2.45, 2.75) is 18.6 Å². The summed E-state index contributed by atoms with van der Waals surface area (Å²) in [6.45, 7) is 6.09. The summed E-state index contributed by atoms with van der Waals surface area (Å²) in [6.07, 6.45) is 1.74. The van der Waals surface area contributed by atoms with Gasteiger partial charge in [-0.3, -0.25) is 4.79 Å². The maximum atomic E-state index is 13.1. The van der Waals surface area contributed by atoms with Crippen LogP contribution < -0.4 is 5.32 Å². The molecule has 1 N–H and O–H groups in total. The smallest absolute Gasteiger partial charge is 0.234 e. The molecule has 8 heteroatoms. The van der Waals surface area contributed by atoms with Crippen molar-refractivity contribution in [3.05, 3.63) is 47.5 Å². The minimum Gasteiger partial charge on any atom is -0.325 e. The number of carbonyl (C=O) groups excluding carboxylic acids is 1. The Morgan fingerprint density at radius 2 is 2.32 bits per heavy atom. The summed E-state index contributed by atoms with van der Waals surface area (Å²) in [5.41, 5.74) is 0.445. The molecule has 0 aliphatic heterocycles. The summed E-state index contributed by atoms with van der Waals surface area (Å²) in [5, 5.41) is 11.2. The standard InChI is InChI=1S/C14H14ClFN4OS/c1-3-6-20-9(2)18-19-14(20)22-8-13(21)17-10-4-5-12(16)11(15)7-10/h3-5,7H,1,6,8H2,2H3,(H,17,21). The highest BCUT2D eigenvalue weighted by molar-refractivity contribution is 7.99. The van der Waals surface area contributed by atoms with Gasteiger partial charge in [0, 0.05) is 12.2 Å². The Kier molecular flexibility index (Phi) is 5.57. The number of anilines is 1. The highest BCUT2D eigenvalue weighted by Gasteiger charge is 2.11. The third kappa shape index (κ3) is 4.08. The summed E-state index contributed by atoms with van der Waals surface area (Å²) in [7, 11) is 0. The third-order valence-corrected chi connectivity index (χ3v) is 4.01. The molecular formula is C14H14ClFN4OS. The lowest BCUT2D eigenvalue weighted by atomic mass is 10.3. The highest BCUT2D eigenvalue weighted by atomic mass is 35.5. The molecule has 1 amide bonds. The summed E-state index contributed by atoms with van der Waals surface area (Å²) >= 11 is 6.93. The van der Waals surface area contributed by atoms with Gasteiger partial charge in [0.2, 0.25) is 5.91 Å². The molecule has 0 atom stereocenters. The van der Waals surface area contributed by atoms with E-state index in [0.717, 1.165) is 5.82 Å². The second-order valence-electron chi connectivity index (χ2n) is 4.39. The molecule has 116 valence electrons. The van der Waals surface area contributed by atoms with E-state index in [1.807, 2.05) is 11.5 Å². The van der Waals surface area contributed by atoms with Crippen molar-refractivity contribution in [2.24, 2.45) is 0 Å². The van der Waals surface area contributed by atoms with Crippen molar-refractivity contribution in [3.63, 3.8) is 0 Å². The van der Waals surface area contributed by atoms with E-state index < -0.39 is 5.82 Å². The van der Waals surface area contributed by atoms with E-state index in [1.165, 1.54) is 30.0 Å². The van der Waals surface area contributed by atoms with Crippen molar-refractivity contribution in [1.29, 1.82) is 0 Å². The minimum atomic E-state index is -0.526. The van der Waals surface area contributed by atoms with E-state index in [0.29, 0.717) is 17.4 Å². The van der Waals surface area contributed by atoms with E-state index in [9.17, 15) is 9.18 Å². The van der Waals surface area contributed by atoms with Crippen molar-refractivity contribution < 1.29 is 9.18 Å². The van der Waals surface area contributed by atoms with Gasteiger partial charge in [0.25, 0.3) is 0 Å². The number of nitrogens with one attached hydrogen (secondary N) is 1. The first-order chi connectivity index (χ1) is 10.5. The van der Waals surface area contributed by atoms with Gasteiger partial charge in [-0.25, -0.2) is 4.39 Å². The molecule has 0 saturated heterocycles. The van der Waals surface area contributed by atoms with E-state index in [4.69, 9.17) is 11.6 Å². The van der Waals surface area contributed by atoms with Crippen LogP contribution in [-0.4, -0.2) is 26.4 Å². The number of thioether (sulfide) groups is 1. The quantitative estimate of drug-likeness (QED) is 0.647. The van der Waals surface area contributed by atoms with E-state index in [2.05, 4.69) is 22.1 Å². The molecular weight excluding hydrogens is 327 g/mol. The van der Waals surface area contributed by atoms with Crippen molar-refractivity contribution >= 4 is 35.0 Å². The predicted molar refractivity (Wildman–Crippen MR) is 85.7 cm³/mol. The average Bonchev–Trinajstić information content (AvgIpc) is 2.82. The fourth-order valence-corrected chi connectivity index (χ4v) is 2.68. The van der Waals surface area contributed by atoms with Gasteiger partial charge in [-0.2, -0.15) is 0 Å². The molecule has 5 nitrogen and oxygen atoms in total. The van der Waals surface area contributed by atoms with Crippen LogP contribution in [0.15, 0.2) is 36.0 Å². The predicted octanol–water partition coefficient (Wildman–Crippen LogP) is 3.30. The Balaban J connectivity index is 1.95. The molecule has 2 aromatic rings. The number of aryl methyl sites for hydroxylation is 1. The molecule has 22 heavy (non-hydrogen) atoms. The second kappa shape index (κ2) is 7.42. The first-order valence-corrected chi connectivity index (χ1v) is 7.76. The summed E-state index contributed by atoms with van der Waals surface area (Å²) in [4.78, 5) is 11.9. The van der Waals surface area contributed by atoms with Gasteiger partial charge < -0.3 is 9.88 Å². The van der Waals surface area contributed by atoms with Gasteiger partial charge >= 0.3 is 0 Å². The molecule has 0 radical (unpaired) electrons. The molecule has 2 rings (SSSR count). The Morgan fingerprint density at radius 1 is 1.55 bits per heavy atom. The largest absolute Gasteiger partial charge is 0.325 e.